The number of benzene rings is 2. The number of halogens is 2. The molecule has 6 heteroatoms. The Kier molecular flexibility index (Phi) is 3.93. The second kappa shape index (κ2) is 5.77. The van der Waals surface area contributed by atoms with Crippen LogP contribution in [0.3, 0.4) is 0 Å². The van der Waals surface area contributed by atoms with Gasteiger partial charge in [-0.3, -0.25) is 4.79 Å². The van der Waals surface area contributed by atoms with Crippen molar-refractivity contribution in [1.29, 1.82) is 5.26 Å². The molecule has 1 saturated carbocycles. The predicted octanol–water partition coefficient (Wildman–Crippen LogP) is 3.99. The summed E-state index contributed by atoms with van der Waals surface area (Å²) in [7, 11) is 0. The maximum Gasteiger partial charge on any atom is 0.252 e. The number of nitrogens with zero attached hydrogens (tertiary/aromatic N) is 1. The molecule has 0 saturated heterocycles. The van der Waals surface area contributed by atoms with Crippen LogP contribution in [-0.4, -0.2) is 11.0 Å². The molecular weight excluding hydrogens is 335 g/mol. The van der Waals surface area contributed by atoms with Gasteiger partial charge in [0.05, 0.1) is 21.1 Å². The van der Waals surface area contributed by atoms with Gasteiger partial charge in [0.25, 0.3) is 5.91 Å². The highest BCUT2D eigenvalue weighted by Gasteiger charge is 2.46. The van der Waals surface area contributed by atoms with Crippen molar-refractivity contribution in [1.82, 2.24) is 5.32 Å². The first-order valence-corrected chi connectivity index (χ1v) is 7.72. The lowest BCUT2D eigenvalue weighted by atomic mass is 10.0. The Hall–Kier alpha value is -2.22. The minimum Gasteiger partial charge on any atom is -0.507 e. The van der Waals surface area contributed by atoms with Crippen molar-refractivity contribution in [2.24, 2.45) is 0 Å². The van der Waals surface area contributed by atoms with E-state index in [9.17, 15) is 9.90 Å². The van der Waals surface area contributed by atoms with Gasteiger partial charge in [0.1, 0.15) is 11.8 Å². The van der Waals surface area contributed by atoms with E-state index in [2.05, 4.69) is 5.32 Å². The minimum absolute atomic E-state index is 0.132. The number of nitrogens with one attached hydrogen (secondary N) is 1. The fraction of sp³-hybridized carbons (Fsp3) is 0.176. The molecule has 1 aliphatic rings. The standard InChI is InChI=1S/C17H12Cl2N2O2/c18-13-4-3-12(8-14(13)19)17(5-6-17)21-16(23)10-1-2-11(9-20)15(22)7-10/h1-4,7-8,22H,5-6H2,(H,21,23). The smallest absolute Gasteiger partial charge is 0.252 e. The highest BCUT2D eigenvalue weighted by Crippen LogP contribution is 2.47. The topological polar surface area (TPSA) is 73.1 Å². The molecule has 116 valence electrons. The zero-order valence-electron chi connectivity index (χ0n) is 11.9. The maximum atomic E-state index is 12.4. The SMILES string of the molecule is N#Cc1ccc(C(=O)NC2(c3ccc(Cl)c(Cl)c3)CC2)cc1O. The quantitative estimate of drug-likeness (QED) is 0.882. The third-order valence-corrected chi connectivity index (χ3v) is 4.69. The Morgan fingerprint density at radius 1 is 1.17 bits per heavy atom. The second-order valence-corrected chi connectivity index (χ2v) is 6.32. The molecule has 1 fully saturated rings. The van der Waals surface area contributed by atoms with Crippen LogP contribution in [0.25, 0.3) is 0 Å². The van der Waals surface area contributed by atoms with Gasteiger partial charge in [-0.05, 0) is 48.7 Å². The summed E-state index contributed by atoms with van der Waals surface area (Å²) in [5.41, 5.74) is 0.882. The number of phenolic OH excluding ortho intramolecular Hbond substituents is 1. The van der Waals surface area contributed by atoms with Gasteiger partial charge in [-0.25, -0.2) is 0 Å². The van der Waals surface area contributed by atoms with Gasteiger partial charge in [0.15, 0.2) is 0 Å². The molecule has 23 heavy (non-hydrogen) atoms. The fourth-order valence-corrected chi connectivity index (χ4v) is 2.76. The van der Waals surface area contributed by atoms with E-state index in [1.807, 2.05) is 12.1 Å². The molecule has 0 aliphatic heterocycles. The highest BCUT2D eigenvalue weighted by atomic mass is 35.5. The maximum absolute atomic E-state index is 12.4. The lowest BCUT2D eigenvalue weighted by Gasteiger charge is -2.19. The Labute approximate surface area is 143 Å². The summed E-state index contributed by atoms with van der Waals surface area (Å²) in [5.74, 6) is -0.520. The van der Waals surface area contributed by atoms with Gasteiger partial charge in [-0.15, -0.1) is 0 Å². The number of hydrogen-bond acceptors (Lipinski definition) is 3. The van der Waals surface area contributed by atoms with Crippen molar-refractivity contribution in [3.63, 3.8) is 0 Å². The molecule has 1 amide bonds. The first-order valence-electron chi connectivity index (χ1n) is 6.96. The van der Waals surface area contributed by atoms with Crippen molar-refractivity contribution in [3.8, 4) is 11.8 Å². The van der Waals surface area contributed by atoms with Crippen molar-refractivity contribution >= 4 is 29.1 Å². The molecule has 0 heterocycles. The van der Waals surface area contributed by atoms with Crippen LogP contribution in [0, 0.1) is 11.3 Å². The highest BCUT2D eigenvalue weighted by molar-refractivity contribution is 6.42. The number of nitriles is 1. The number of carbonyl (C=O) groups is 1. The summed E-state index contributed by atoms with van der Waals surface area (Å²) in [6.45, 7) is 0. The average molecular weight is 347 g/mol. The first-order chi connectivity index (χ1) is 10.9. The van der Waals surface area contributed by atoms with Crippen LogP contribution in [0.15, 0.2) is 36.4 Å². The molecule has 0 unspecified atom stereocenters. The van der Waals surface area contributed by atoms with Gasteiger partial charge in [-0.1, -0.05) is 29.3 Å². The zero-order valence-corrected chi connectivity index (χ0v) is 13.4. The van der Waals surface area contributed by atoms with Crippen LogP contribution < -0.4 is 5.32 Å². The van der Waals surface area contributed by atoms with Crippen LogP contribution >= 0.6 is 23.2 Å². The number of hydrogen-bond donors (Lipinski definition) is 2. The number of amides is 1. The van der Waals surface area contributed by atoms with Gasteiger partial charge in [-0.2, -0.15) is 5.26 Å². The van der Waals surface area contributed by atoms with Crippen molar-refractivity contribution < 1.29 is 9.90 Å². The Balaban J connectivity index is 1.83. The molecule has 2 N–H and O–H groups in total. The third-order valence-electron chi connectivity index (χ3n) is 3.96. The van der Waals surface area contributed by atoms with E-state index in [1.165, 1.54) is 18.2 Å². The van der Waals surface area contributed by atoms with Crippen LogP contribution in [0.2, 0.25) is 10.0 Å². The van der Waals surface area contributed by atoms with E-state index >= 15 is 0 Å². The average Bonchev–Trinajstić information content (AvgIpc) is 3.30. The Morgan fingerprint density at radius 3 is 2.48 bits per heavy atom. The summed E-state index contributed by atoms with van der Waals surface area (Å²) < 4.78 is 0. The van der Waals surface area contributed by atoms with Crippen LogP contribution in [-0.2, 0) is 5.54 Å². The van der Waals surface area contributed by atoms with Crippen LogP contribution in [0.1, 0.15) is 34.3 Å². The molecule has 1 aliphatic carbocycles. The van der Waals surface area contributed by atoms with Crippen molar-refractivity contribution in [3.05, 3.63) is 63.1 Å². The molecule has 0 spiro atoms. The largest absolute Gasteiger partial charge is 0.507 e. The third kappa shape index (κ3) is 2.98. The van der Waals surface area contributed by atoms with Crippen molar-refractivity contribution in [2.45, 2.75) is 18.4 Å². The predicted molar refractivity (Wildman–Crippen MR) is 87.7 cm³/mol. The first kappa shape index (κ1) is 15.7. The van der Waals surface area contributed by atoms with Crippen molar-refractivity contribution in [2.75, 3.05) is 0 Å². The Morgan fingerprint density at radius 2 is 1.91 bits per heavy atom. The second-order valence-electron chi connectivity index (χ2n) is 5.51. The minimum atomic E-state index is -0.450. The van der Waals surface area contributed by atoms with Gasteiger partial charge < -0.3 is 10.4 Å². The van der Waals surface area contributed by atoms with Gasteiger partial charge in [0, 0.05) is 5.56 Å². The van der Waals surface area contributed by atoms with Gasteiger partial charge >= 0.3 is 0 Å². The molecule has 0 aromatic heterocycles. The number of aromatic hydroxyl groups is 1. The van der Waals surface area contributed by atoms with Crippen LogP contribution in [0.4, 0.5) is 0 Å². The number of phenols is 1. The summed E-state index contributed by atoms with van der Waals surface area (Å²) in [4.78, 5) is 12.4. The van der Waals surface area contributed by atoms with Crippen LogP contribution in [0.5, 0.6) is 5.75 Å². The lowest BCUT2D eigenvalue weighted by molar-refractivity contribution is 0.0930. The van der Waals surface area contributed by atoms with E-state index in [1.54, 1.807) is 12.1 Å². The summed E-state index contributed by atoms with van der Waals surface area (Å²) in [6.07, 6.45) is 1.61. The zero-order chi connectivity index (χ0) is 16.6. The Bertz CT molecular complexity index is 839. The fourth-order valence-electron chi connectivity index (χ4n) is 2.46. The molecule has 4 nitrogen and oxygen atoms in total. The normalized spacial score (nSPS) is 14.8. The monoisotopic (exact) mass is 346 g/mol. The molecular formula is C17H12Cl2N2O2. The molecule has 2 aromatic carbocycles. The van der Waals surface area contributed by atoms with Gasteiger partial charge in [0.2, 0.25) is 0 Å². The van der Waals surface area contributed by atoms with E-state index in [-0.39, 0.29) is 17.2 Å². The molecule has 2 aromatic rings. The summed E-state index contributed by atoms with van der Waals surface area (Å²) in [6, 6.07) is 11.4. The van der Waals surface area contributed by atoms with E-state index in [0.29, 0.717) is 15.6 Å². The molecule has 3 rings (SSSR count). The molecule has 0 radical (unpaired) electrons. The molecule has 0 atom stereocenters. The summed E-state index contributed by atoms with van der Waals surface area (Å²) in [5, 5.41) is 22.4. The lowest BCUT2D eigenvalue weighted by Crippen LogP contribution is -2.34. The summed E-state index contributed by atoms with van der Waals surface area (Å²) >= 11 is 12.0. The van der Waals surface area contributed by atoms with E-state index in [0.717, 1.165) is 18.4 Å². The number of rotatable bonds is 3. The number of carbonyl (C=O) groups excluding carboxylic acids is 1. The van der Waals surface area contributed by atoms with E-state index < -0.39 is 5.54 Å². The van der Waals surface area contributed by atoms with E-state index in [4.69, 9.17) is 28.5 Å². The molecule has 0 bridgehead atoms.